The van der Waals surface area contributed by atoms with Crippen molar-refractivity contribution in [1.29, 1.82) is 0 Å². The van der Waals surface area contributed by atoms with E-state index in [-0.39, 0.29) is 18.0 Å². The van der Waals surface area contributed by atoms with E-state index < -0.39 is 0 Å². The van der Waals surface area contributed by atoms with Gasteiger partial charge in [0, 0.05) is 24.9 Å². The number of hydrogen-bond acceptors (Lipinski definition) is 5. The lowest BCUT2D eigenvalue weighted by Crippen LogP contribution is -2.56. The van der Waals surface area contributed by atoms with Crippen LogP contribution in [0.3, 0.4) is 0 Å². The maximum Gasteiger partial charge on any atom is 0.237 e. The van der Waals surface area contributed by atoms with Crippen molar-refractivity contribution in [2.24, 2.45) is 0 Å². The molecule has 2 aliphatic heterocycles. The summed E-state index contributed by atoms with van der Waals surface area (Å²) in [6.07, 6.45) is 12.0. The normalized spacial score (nSPS) is 21.6. The molecule has 1 aromatic carbocycles. The summed E-state index contributed by atoms with van der Waals surface area (Å²) in [7, 11) is 0. The molecular formula is C28H40N4O3. The van der Waals surface area contributed by atoms with Gasteiger partial charge >= 0.3 is 0 Å². The number of benzene rings is 1. The Hall–Kier alpha value is -2.67. The smallest absolute Gasteiger partial charge is 0.237 e. The zero-order valence-corrected chi connectivity index (χ0v) is 21.1. The van der Waals surface area contributed by atoms with E-state index in [0.717, 1.165) is 93.7 Å². The highest BCUT2D eigenvalue weighted by Crippen LogP contribution is 2.31. The quantitative estimate of drug-likeness (QED) is 0.533. The Labute approximate surface area is 209 Å². The van der Waals surface area contributed by atoms with Crippen LogP contribution in [0.15, 0.2) is 30.5 Å². The van der Waals surface area contributed by atoms with Crippen molar-refractivity contribution in [3.63, 3.8) is 0 Å². The molecule has 3 heterocycles. The summed E-state index contributed by atoms with van der Waals surface area (Å²) in [6, 6.07) is 7.85. The van der Waals surface area contributed by atoms with Crippen LogP contribution in [0.2, 0.25) is 0 Å². The zero-order valence-electron chi connectivity index (χ0n) is 21.1. The lowest BCUT2D eigenvalue weighted by molar-refractivity contribution is -0.131. The number of Topliss-reactive ketones (excluding diaryl/α,β-unsaturated/α-hetero) is 1. The summed E-state index contributed by atoms with van der Waals surface area (Å²) >= 11 is 0. The van der Waals surface area contributed by atoms with Crippen LogP contribution in [0.25, 0.3) is 11.3 Å². The van der Waals surface area contributed by atoms with E-state index in [9.17, 15) is 9.59 Å². The highest BCUT2D eigenvalue weighted by Gasteiger charge is 2.35. The van der Waals surface area contributed by atoms with Crippen LogP contribution in [0.5, 0.6) is 5.75 Å². The topological polar surface area (TPSA) is 87.3 Å². The van der Waals surface area contributed by atoms with Gasteiger partial charge in [-0.2, -0.15) is 0 Å². The summed E-state index contributed by atoms with van der Waals surface area (Å²) in [5, 5.41) is 3.30. The molecule has 0 saturated carbocycles. The van der Waals surface area contributed by atoms with Crippen LogP contribution in [0.1, 0.15) is 89.4 Å². The number of hydrogen-bond donors (Lipinski definition) is 2. The third-order valence-corrected chi connectivity index (χ3v) is 7.29. The van der Waals surface area contributed by atoms with Crippen LogP contribution in [0.4, 0.5) is 0 Å². The Balaban J connectivity index is 1.50. The van der Waals surface area contributed by atoms with Crippen LogP contribution >= 0.6 is 0 Å². The molecule has 2 N–H and O–H groups in total. The van der Waals surface area contributed by atoms with E-state index >= 15 is 0 Å². The molecule has 7 nitrogen and oxygen atoms in total. The molecule has 1 amide bonds. The first-order chi connectivity index (χ1) is 17.2. The van der Waals surface area contributed by atoms with Crippen molar-refractivity contribution in [1.82, 2.24) is 20.2 Å². The van der Waals surface area contributed by atoms with Crippen molar-refractivity contribution < 1.29 is 14.3 Å². The fourth-order valence-corrected chi connectivity index (χ4v) is 4.99. The van der Waals surface area contributed by atoms with Gasteiger partial charge in [-0.1, -0.05) is 44.7 Å². The minimum Gasteiger partial charge on any atom is -0.493 e. The number of rotatable bonds is 7. The number of imidazole rings is 1. The Morgan fingerprint density at radius 3 is 2.80 bits per heavy atom. The maximum atomic E-state index is 13.2. The fraction of sp³-hybridized carbons (Fsp3) is 0.607. The Morgan fingerprint density at radius 2 is 1.97 bits per heavy atom. The Kier molecular flexibility index (Phi) is 9.35. The van der Waals surface area contributed by atoms with Crippen LogP contribution in [-0.2, 0) is 9.59 Å². The Morgan fingerprint density at radius 1 is 1.11 bits per heavy atom. The number of aromatic nitrogens is 2. The molecule has 1 fully saturated rings. The number of unbranched alkanes of at least 4 members (excludes halogenated alkanes) is 2. The van der Waals surface area contributed by atoms with Gasteiger partial charge in [0.25, 0.3) is 0 Å². The molecule has 0 spiro atoms. The second kappa shape index (κ2) is 12.9. The predicted octanol–water partition coefficient (Wildman–Crippen LogP) is 5.19. The molecule has 0 radical (unpaired) electrons. The zero-order chi connectivity index (χ0) is 24.5. The number of H-pyrrole nitrogens is 1. The van der Waals surface area contributed by atoms with E-state index in [1.807, 2.05) is 37.4 Å². The number of amides is 1. The van der Waals surface area contributed by atoms with Gasteiger partial charge in [0.2, 0.25) is 5.91 Å². The molecule has 4 rings (SSSR count). The second-order valence-corrected chi connectivity index (χ2v) is 9.83. The summed E-state index contributed by atoms with van der Waals surface area (Å²) in [5.41, 5.74) is 1.89. The van der Waals surface area contributed by atoms with Gasteiger partial charge in [-0.3, -0.25) is 14.5 Å². The molecule has 1 aromatic heterocycles. The van der Waals surface area contributed by atoms with Crippen molar-refractivity contribution in [3.05, 3.63) is 36.3 Å². The number of fused-ring (bicyclic) bond motifs is 5. The summed E-state index contributed by atoms with van der Waals surface area (Å²) in [6.45, 7) is 4.59. The standard InChI is InChI=1S/C28H40N4O3/c1-2-21(33)12-6-5-7-14-23-27-29-20-24(30-27)22-13-8-9-15-26(22)35-19-11-4-3-10-17-32-18-16-25(32)28(34)31-23/h8-9,13,15,20,23,25H,2-7,10-12,14,16-19H2,1H3,(H,29,30)(H,31,34)/t23-,25?/m0/s1. The minimum atomic E-state index is -0.177. The fourth-order valence-electron chi connectivity index (χ4n) is 4.99. The number of aromatic amines is 1. The number of nitrogens with one attached hydrogen (secondary N) is 2. The average Bonchev–Trinajstić information content (AvgIpc) is 3.33. The summed E-state index contributed by atoms with van der Waals surface area (Å²) < 4.78 is 6.14. The summed E-state index contributed by atoms with van der Waals surface area (Å²) in [4.78, 5) is 35.3. The molecule has 35 heavy (non-hydrogen) atoms. The van der Waals surface area contributed by atoms with Crippen molar-refractivity contribution in [3.8, 4) is 17.0 Å². The van der Waals surface area contributed by atoms with Crippen molar-refractivity contribution in [2.75, 3.05) is 19.7 Å². The minimum absolute atomic E-state index is 0.0335. The highest BCUT2D eigenvalue weighted by molar-refractivity contribution is 5.83. The van der Waals surface area contributed by atoms with E-state index in [2.05, 4.69) is 20.2 Å². The van der Waals surface area contributed by atoms with Crippen LogP contribution in [-0.4, -0.2) is 52.3 Å². The van der Waals surface area contributed by atoms with Gasteiger partial charge in [0.15, 0.2) is 0 Å². The SMILES string of the molecule is CCC(=O)CCCCC[C@@H]1NC(=O)C2CCN2CCCCCCOc2ccccc2-c2cnc1[nH]2. The lowest BCUT2D eigenvalue weighted by Gasteiger charge is -2.40. The molecule has 2 atom stereocenters. The number of carbonyl (C=O) groups excluding carboxylic acids is 2. The van der Waals surface area contributed by atoms with E-state index in [0.29, 0.717) is 25.2 Å². The van der Waals surface area contributed by atoms with Gasteiger partial charge < -0.3 is 15.0 Å². The van der Waals surface area contributed by atoms with Gasteiger partial charge in [0.1, 0.15) is 17.4 Å². The number of nitrogens with zero attached hydrogens (tertiary/aromatic N) is 2. The molecular weight excluding hydrogens is 440 g/mol. The third-order valence-electron chi connectivity index (χ3n) is 7.29. The van der Waals surface area contributed by atoms with Crippen molar-refractivity contribution >= 4 is 11.7 Å². The third kappa shape index (κ3) is 6.94. The predicted molar refractivity (Wildman–Crippen MR) is 137 cm³/mol. The van der Waals surface area contributed by atoms with Gasteiger partial charge in [-0.15, -0.1) is 0 Å². The molecule has 2 aromatic rings. The van der Waals surface area contributed by atoms with Crippen LogP contribution < -0.4 is 10.1 Å². The molecule has 1 saturated heterocycles. The largest absolute Gasteiger partial charge is 0.493 e. The van der Waals surface area contributed by atoms with E-state index in [1.54, 1.807) is 0 Å². The highest BCUT2D eigenvalue weighted by atomic mass is 16.5. The molecule has 2 bridgehead atoms. The average molecular weight is 481 g/mol. The monoisotopic (exact) mass is 480 g/mol. The first-order valence-corrected chi connectivity index (χ1v) is 13.5. The number of ketones is 1. The Bertz CT molecular complexity index is 973. The summed E-state index contributed by atoms with van der Waals surface area (Å²) in [5.74, 6) is 2.06. The van der Waals surface area contributed by atoms with E-state index in [1.165, 1.54) is 0 Å². The number of para-hydroxylation sites is 1. The molecule has 1 unspecified atom stereocenters. The molecule has 0 aliphatic carbocycles. The van der Waals surface area contributed by atoms with E-state index in [4.69, 9.17) is 4.74 Å². The van der Waals surface area contributed by atoms with Gasteiger partial charge in [-0.25, -0.2) is 4.98 Å². The number of ether oxygens (including phenoxy) is 1. The van der Waals surface area contributed by atoms with Gasteiger partial charge in [-0.05, 0) is 50.8 Å². The second-order valence-electron chi connectivity index (χ2n) is 9.83. The molecule has 190 valence electrons. The lowest BCUT2D eigenvalue weighted by atomic mass is 9.99. The van der Waals surface area contributed by atoms with Gasteiger partial charge in [0.05, 0.1) is 30.6 Å². The van der Waals surface area contributed by atoms with Crippen LogP contribution in [0, 0.1) is 0 Å². The molecule has 7 heteroatoms. The molecule has 2 aliphatic rings. The first kappa shape index (κ1) is 25.4. The maximum absolute atomic E-state index is 13.2. The van der Waals surface area contributed by atoms with Crippen molar-refractivity contribution in [2.45, 2.75) is 89.6 Å². The first-order valence-electron chi connectivity index (χ1n) is 13.5. The number of carbonyl (C=O) groups is 2.